The van der Waals surface area contributed by atoms with Gasteiger partial charge in [-0.05, 0) is 64.3 Å². The second-order valence-corrected chi connectivity index (χ2v) is 9.63. The van der Waals surface area contributed by atoms with Crippen LogP contribution in [0.15, 0.2) is 42.5 Å². The molecule has 1 aliphatic heterocycles. The van der Waals surface area contributed by atoms with Gasteiger partial charge in [-0.25, -0.2) is 4.79 Å². The molecule has 3 rings (SSSR count). The van der Waals surface area contributed by atoms with E-state index >= 15 is 0 Å². The number of hydrogen-bond donors (Lipinski definition) is 2. The molecule has 0 bridgehead atoms. The average Bonchev–Trinajstić information content (AvgIpc) is 2.73. The third-order valence-corrected chi connectivity index (χ3v) is 5.57. The predicted octanol–water partition coefficient (Wildman–Crippen LogP) is 4.11. The molecule has 0 spiro atoms. The van der Waals surface area contributed by atoms with Crippen molar-refractivity contribution in [3.05, 3.63) is 64.7 Å². The van der Waals surface area contributed by atoms with Gasteiger partial charge in [-0.1, -0.05) is 42.0 Å². The first kappa shape index (κ1) is 24.3. The Balaban J connectivity index is 1.74. The first-order valence-corrected chi connectivity index (χ1v) is 11.2. The highest BCUT2D eigenvalue weighted by Gasteiger charge is 2.37. The summed E-state index contributed by atoms with van der Waals surface area (Å²) in [5, 5.41) is 5.65. The molecule has 0 saturated heterocycles. The van der Waals surface area contributed by atoms with Gasteiger partial charge in [-0.3, -0.25) is 14.5 Å². The summed E-state index contributed by atoms with van der Waals surface area (Å²) in [5.41, 5.74) is 4.05. The van der Waals surface area contributed by atoms with Crippen LogP contribution in [0.5, 0.6) is 0 Å². The summed E-state index contributed by atoms with van der Waals surface area (Å²) in [6, 6.07) is 11.9. The fraction of sp³-hybridized carbons (Fsp3) is 0.423. The molecule has 33 heavy (non-hydrogen) atoms. The number of fused-ring (bicyclic) bond motifs is 1. The monoisotopic (exact) mass is 451 g/mol. The van der Waals surface area contributed by atoms with Gasteiger partial charge >= 0.3 is 6.09 Å². The lowest BCUT2D eigenvalue weighted by Crippen LogP contribution is -2.56. The summed E-state index contributed by atoms with van der Waals surface area (Å²) in [6.45, 7) is 11.2. The van der Waals surface area contributed by atoms with Crippen LogP contribution in [-0.4, -0.2) is 40.5 Å². The van der Waals surface area contributed by atoms with Crippen molar-refractivity contribution in [2.75, 3.05) is 5.32 Å². The number of nitrogens with zero attached hydrogens (tertiary/aromatic N) is 1. The number of ether oxygens (including phenoxy) is 1. The number of benzene rings is 2. The first-order chi connectivity index (χ1) is 15.4. The topological polar surface area (TPSA) is 87.7 Å². The summed E-state index contributed by atoms with van der Waals surface area (Å²) >= 11 is 0. The van der Waals surface area contributed by atoms with Crippen LogP contribution >= 0.6 is 0 Å². The van der Waals surface area contributed by atoms with Crippen LogP contribution in [0.3, 0.4) is 0 Å². The van der Waals surface area contributed by atoms with Crippen molar-refractivity contribution in [1.29, 1.82) is 0 Å². The summed E-state index contributed by atoms with van der Waals surface area (Å²) in [7, 11) is 0. The quantitative estimate of drug-likeness (QED) is 0.732. The van der Waals surface area contributed by atoms with Crippen LogP contribution in [0, 0.1) is 13.8 Å². The van der Waals surface area contributed by atoms with E-state index in [9.17, 15) is 14.4 Å². The highest BCUT2D eigenvalue weighted by atomic mass is 16.6. The number of nitrogens with one attached hydrogen (secondary N) is 2. The van der Waals surface area contributed by atoms with Crippen molar-refractivity contribution in [3.63, 3.8) is 0 Å². The SMILES string of the molecule is Cc1ccc(NC(=O)[C@@H](C)NC(=O)[C@@H]2Cc3ccccc3CN2C(=O)OC(C)(C)C)c(C)c1. The normalized spacial score (nSPS) is 16.4. The van der Waals surface area contributed by atoms with Gasteiger partial charge in [0.15, 0.2) is 0 Å². The molecule has 0 aliphatic carbocycles. The van der Waals surface area contributed by atoms with Crippen LogP contribution in [0.1, 0.15) is 49.9 Å². The van der Waals surface area contributed by atoms with Crippen LogP contribution < -0.4 is 10.6 Å². The molecule has 1 aliphatic rings. The number of carbonyl (C=O) groups excluding carboxylic acids is 3. The van der Waals surface area contributed by atoms with E-state index in [1.807, 2.05) is 56.3 Å². The smallest absolute Gasteiger partial charge is 0.411 e. The Labute approximate surface area is 195 Å². The maximum Gasteiger partial charge on any atom is 0.411 e. The van der Waals surface area contributed by atoms with E-state index in [0.717, 1.165) is 22.3 Å². The van der Waals surface area contributed by atoms with Gasteiger partial charge in [0.1, 0.15) is 17.7 Å². The Bertz CT molecular complexity index is 1060. The van der Waals surface area contributed by atoms with E-state index in [1.54, 1.807) is 27.7 Å². The molecule has 2 N–H and O–H groups in total. The molecule has 2 aromatic carbocycles. The van der Waals surface area contributed by atoms with Crippen molar-refractivity contribution < 1.29 is 19.1 Å². The van der Waals surface area contributed by atoms with Crippen LogP contribution in [0.25, 0.3) is 0 Å². The van der Waals surface area contributed by atoms with Gasteiger partial charge in [0, 0.05) is 12.1 Å². The Kier molecular flexibility index (Phi) is 7.10. The Hall–Kier alpha value is -3.35. The standard InChI is InChI=1S/C26H33N3O4/c1-16-11-12-21(17(2)13-16)28-23(30)18(3)27-24(31)22-14-19-9-7-8-10-20(19)15-29(22)25(32)33-26(4,5)6/h7-13,18,22H,14-15H2,1-6H3,(H,27,31)(H,28,30)/t18-,22+/m1/s1. The van der Waals surface area contributed by atoms with E-state index in [-0.39, 0.29) is 12.5 Å². The minimum absolute atomic E-state index is 0.270. The Morgan fingerprint density at radius 1 is 1.06 bits per heavy atom. The molecule has 0 saturated carbocycles. The second-order valence-electron chi connectivity index (χ2n) is 9.63. The number of aryl methyl sites for hydroxylation is 2. The number of amides is 3. The minimum atomic E-state index is -0.782. The maximum atomic E-state index is 13.2. The molecule has 0 unspecified atom stereocenters. The lowest BCUT2D eigenvalue weighted by molar-refractivity contribution is -0.130. The van der Waals surface area contributed by atoms with E-state index in [1.165, 1.54) is 4.90 Å². The van der Waals surface area contributed by atoms with E-state index in [0.29, 0.717) is 12.1 Å². The van der Waals surface area contributed by atoms with Crippen molar-refractivity contribution in [1.82, 2.24) is 10.2 Å². The highest BCUT2D eigenvalue weighted by Crippen LogP contribution is 2.25. The minimum Gasteiger partial charge on any atom is -0.444 e. The number of hydrogen-bond acceptors (Lipinski definition) is 4. The van der Waals surface area contributed by atoms with Gasteiger partial charge in [0.25, 0.3) is 0 Å². The van der Waals surface area contributed by atoms with Crippen LogP contribution in [-0.2, 0) is 27.3 Å². The molecule has 2 atom stereocenters. The van der Waals surface area contributed by atoms with Gasteiger partial charge in [0.2, 0.25) is 11.8 Å². The molecule has 0 aromatic heterocycles. The van der Waals surface area contributed by atoms with Gasteiger partial charge in [-0.2, -0.15) is 0 Å². The van der Waals surface area contributed by atoms with Crippen molar-refractivity contribution in [2.45, 2.75) is 72.2 Å². The summed E-state index contributed by atoms with van der Waals surface area (Å²) in [4.78, 5) is 40.3. The molecular weight excluding hydrogens is 418 g/mol. The zero-order chi connectivity index (χ0) is 24.3. The Morgan fingerprint density at radius 2 is 1.73 bits per heavy atom. The summed E-state index contributed by atoms with van der Waals surface area (Å²) in [6.07, 6.45) is -0.198. The molecule has 7 nitrogen and oxygen atoms in total. The fourth-order valence-electron chi connectivity index (χ4n) is 3.84. The largest absolute Gasteiger partial charge is 0.444 e. The number of anilines is 1. The molecule has 176 valence electrons. The fourth-order valence-corrected chi connectivity index (χ4v) is 3.84. The molecule has 0 fully saturated rings. The molecular formula is C26H33N3O4. The first-order valence-electron chi connectivity index (χ1n) is 11.2. The zero-order valence-electron chi connectivity index (χ0n) is 20.2. The summed E-state index contributed by atoms with van der Waals surface area (Å²) < 4.78 is 5.55. The van der Waals surface area contributed by atoms with E-state index < -0.39 is 29.7 Å². The van der Waals surface area contributed by atoms with E-state index in [2.05, 4.69) is 10.6 Å². The molecule has 2 aromatic rings. The predicted molar refractivity (Wildman–Crippen MR) is 128 cm³/mol. The van der Waals surface area contributed by atoms with Crippen molar-refractivity contribution in [2.24, 2.45) is 0 Å². The number of carbonyl (C=O) groups is 3. The van der Waals surface area contributed by atoms with Gasteiger partial charge in [0.05, 0.1) is 6.54 Å². The average molecular weight is 452 g/mol. The van der Waals surface area contributed by atoms with Crippen molar-refractivity contribution in [3.8, 4) is 0 Å². The molecule has 3 amide bonds. The van der Waals surface area contributed by atoms with Gasteiger partial charge in [-0.15, -0.1) is 0 Å². The second kappa shape index (κ2) is 9.65. The lowest BCUT2D eigenvalue weighted by Gasteiger charge is -2.37. The van der Waals surface area contributed by atoms with Crippen LogP contribution in [0.4, 0.5) is 10.5 Å². The van der Waals surface area contributed by atoms with E-state index in [4.69, 9.17) is 4.74 Å². The summed E-state index contributed by atoms with van der Waals surface area (Å²) in [5.74, 6) is -0.714. The Morgan fingerprint density at radius 3 is 2.36 bits per heavy atom. The van der Waals surface area contributed by atoms with Crippen molar-refractivity contribution >= 4 is 23.6 Å². The van der Waals surface area contributed by atoms with Crippen LogP contribution in [0.2, 0.25) is 0 Å². The van der Waals surface area contributed by atoms with Gasteiger partial charge < -0.3 is 15.4 Å². The maximum absolute atomic E-state index is 13.2. The zero-order valence-corrected chi connectivity index (χ0v) is 20.2. The highest BCUT2D eigenvalue weighted by molar-refractivity contribution is 5.98. The molecule has 0 radical (unpaired) electrons. The number of rotatable bonds is 4. The lowest BCUT2D eigenvalue weighted by atomic mass is 9.93. The third-order valence-electron chi connectivity index (χ3n) is 5.57. The molecule has 1 heterocycles. The third kappa shape index (κ3) is 6.12. The molecule has 7 heteroatoms.